The van der Waals surface area contributed by atoms with Gasteiger partial charge in [0.05, 0.1) is 6.61 Å². The number of pyridine rings is 1. The molecule has 4 heteroatoms. The van der Waals surface area contributed by atoms with Gasteiger partial charge in [0.15, 0.2) is 0 Å². The van der Waals surface area contributed by atoms with Crippen LogP contribution in [0.2, 0.25) is 0 Å². The Labute approximate surface area is 102 Å². The van der Waals surface area contributed by atoms with Crippen LogP contribution in [0.1, 0.15) is 39.7 Å². The van der Waals surface area contributed by atoms with Crippen LogP contribution in [0.15, 0.2) is 18.3 Å². The molecular weight excluding hydrogens is 216 g/mol. The van der Waals surface area contributed by atoms with Crippen LogP contribution in [0.4, 0.5) is 10.6 Å². The van der Waals surface area contributed by atoms with Gasteiger partial charge in [0.25, 0.3) is 0 Å². The first-order valence-corrected chi connectivity index (χ1v) is 5.84. The summed E-state index contributed by atoms with van der Waals surface area (Å²) < 4.78 is 4.90. The zero-order valence-corrected chi connectivity index (χ0v) is 10.9. The van der Waals surface area contributed by atoms with E-state index in [1.165, 1.54) is 0 Å². The van der Waals surface area contributed by atoms with E-state index < -0.39 is 6.09 Å². The molecule has 0 atom stereocenters. The van der Waals surface area contributed by atoms with E-state index in [4.69, 9.17) is 4.74 Å². The average Bonchev–Trinajstić information content (AvgIpc) is 2.26. The smallest absolute Gasteiger partial charge is 0.412 e. The number of nitrogens with zero attached hydrogens (tertiary/aromatic N) is 1. The molecule has 0 aliphatic carbocycles. The number of nitrogens with one attached hydrogen (secondary N) is 1. The van der Waals surface area contributed by atoms with Gasteiger partial charge in [-0.2, -0.15) is 0 Å². The molecule has 0 aliphatic rings. The summed E-state index contributed by atoms with van der Waals surface area (Å²) in [4.78, 5) is 15.5. The molecule has 1 amide bonds. The van der Waals surface area contributed by atoms with E-state index >= 15 is 0 Å². The van der Waals surface area contributed by atoms with Gasteiger partial charge in [-0.05, 0) is 23.5 Å². The molecule has 0 bridgehead atoms. The Bertz CT molecular complexity index is 366. The predicted octanol–water partition coefficient (Wildman–Crippen LogP) is 3.34. The van der Waals surface area contributed by atoms with Gasteiger partial charge in [-0.25, -0.2) is 9.78 Å². The van der Waals surface area contributed by atoms with Crippen molar-refractivity contribution in [2.45, 2.75) is 39.5 Å². The van der Waals surface area contributed by atoms with E-state index in [1.807, 2.05) is 13.0 Å². The Balaban J connectivity index is 2.60. The highest BCUT2D eigenvalue weighted by molar-refractivity contribution is 5.83. The van der Waals surface area contributed by atoms with Crippen molar-refractivity contribution in [3.8, 4) is 0 Å². The number of ether oxygens (including phenoxy) is 1. The number of carbonyl (C=O) groups is 1. The zero-order chi connectivity index (χ0) is 12.9. The summed E-state index contributed by atoms with van der Waals surface area (Å²) in [5, 5.41) is 2.58. The Morgan fingerprint density at radius 2 is 2.12 bits per heavy atom. The van der Waals surface area contributed by atoms with Crippen molar-refractivity contribution in [1.29, 1.82) is 0 Å². The van der Waals surface area contributed by atoms with Gasteiger partial charge < -0.3 is 4.74 Å². The van der Waals surface area contributed by atoms with Crippen molar-refractivity contribution in [2.75, 3.05) is 11.9 Å². The van der Waals surface area contributed by atoms with E-state index in [2.05, 4.69) is 31.1 Å². The molecule has 0 unspecified atom stereocenters. The minimum absolute atomic E-state index is 0.0637. The van der Waals surface area contributed by atoms with Crippen molar-refractivity contribution in [1.82, 2.24) is 4.98 Å². The highest BCUT2D eigenvalue weighted by Crippen LogP contribution is 2.21. The van der Waals surface area contributed by atoms with Crippen molar-refractivity contribution in [3.05, 3.63) is 23.9 Å². The van der Waals surface area contributed by atoms with Crippen LogP contribution in [0.3, 0.4) is 0 Å². The molecule has 0 saturated heterocycles. The van der Waals surface area contributed by atoms with Crippen molar-refractivity contribution in [2.24, 2.45) is 0 Å². The maximum Gasteiger partial charge on any atom is 0.412 e. The van der Waals surface area contributed by atoms with Crippen LogP contribution in [-0.4, -0.2) is 17.7 Å². The lowest BCUT2D eigenvalue weighted by Crippen LogP contribution is -2.16. The summed E-state index contributed by atoms with van der Waals surface area (Å²) in [7, 11) is 0. The molecule has 94 valence electrons. The Kier molecular flexibility index (Phi) is 4.49. The highest BCUT2D eigenvalue weighted by Gasteiger charge is 2.14. The third kappa shape index (κ3) is 4.43. The first-order valence-electron chi connectivity index (χ1n) is 5.84. The third-order valence-electron chi connectivity index (χ3n) is 2.30. The van der Waals surface area contributed by atoms with E-state index in [0.717, 1.165) is 12.0 Å². The van der Waals surface area contributed by atoms with E-state index in [1.54, 1.807) is 12.3 Å². The van der Waals surface area contributed by atoms with Gasteiger partial charge in [0.1, 0.15) is 5.82 Å². The second-order valence-corrected chi connectivity index (χ2v) is 4.94. The summed E-state index contributed by atoms with van der Waals surface area (Å²) >= 11 is 0. The predicted molar refractivity (Wildman–Crippen MR) is 68.2 cm³/mol. The first kappa shape index (κ1) is 13.5. The van der Waals surface area contributed by atoms with Crippen LogP contribution in [0.5, 0.6) is 0 Å². The van der Waals surface area contributed by atoms with Crippen LogP contribution < -0.4 is 5.32 Å². The molecular formula is C13H20N2O2. The second kappa shape index (κ2) is 5.66. The maximum atomic E-state index is 11.3. The number of anilines is 1. The van der Waals surface area contributed by atoms with E-state index in [0.29, 0.717) is 12.4 Å². The van der Waals surface area contributed by atoms with Crippen molar-refractivity contribution in [3.63, 3.8) is 0 Å². The molecule has 0 aromatic carbocycles. The lowest BCUT2D eigenvalue weighted by atomic mass is 9.88. The Morgan fingerprint density at radius 3 is 2.59 bits per heavy atom. The highest BCUT2D eigenvalue weighted by atomic mass is 16.5. The summed E-state index contributed by atoms with van der Waals surface area (Å²) in [5.41, 5.74) is 1.19. The number of rotatable bonds is 3. The minimum atomic E-state index is -0.456. The molecule has 4 nitrogen and oxygen atoms in total. The van der Waals surface area contributed by atoms with Crippen LogP contribution in [0.25, 0.3) is 0 Å². The van der Waals surface area contributed by atoms with E-state index in [9.17, 15) is 4.79 Å². The summed E-state index contributed by atoms with van der Waals surface area (Å²) in [6, 6.07) is 3.75. The van der Waals surface area contributed by atoms with Gasteiger partial charge in [-0.15, -0.1) is 0 Å². The molecule has 17 heavy (non-hydrogen) atoms. The standard InChI is InChI=1S/C13H20N2O2/c1-5-8-17-12(16)15-11-7-6-10(9-14-11)13(2,3)4/h6-7,9H,5,8H2,1-4H3,(H,14,15,16). The fourth-order valence-corrected chi connectivity index (χ4v) is 1.25. The van der Waals surface area contributed by atoms with E-state index in [-0.39, 0.29) is 5.41 Å². The van der Waals surface area contributed by atoms with Gasteiger partial charge in [-0.3, -0.25) is 5.32 Å². The molecule has 0 radical (unpaired) electrons. The normalized spacial score (nSPS) is 11.1. The summed E-state index contributed by atoms with van der Waals surface area (Å²) in [6.45, 7) is 8.72. The zero-order valence-electron chi connectivity index (χ0n) is 10.9. The maximum absolute atomic E-state index is 11.3. The number of amides is 1. The first-order chi connectivity index (χ1) is 7.93. The van der Waals surface area contributed by atoms with Crippen LogP contribution in [0, 0.1) is 0 Å². The molecule has 1 aromatic heterocycles. The number of hydrogen-bond acceptors (Lipinski definition) is 3. The lowest BCUT2D eigenvalue weighted by molar-refractivity contribution is 0.161. The van der Waals surface area contributed by atoms with Crippen LogP contribution >= 0.6 is 0 Å². The van der Waals surface area contributed by atoms with Gasteiger partial charge in [0.2, 0.25) is 0 Å². The SMILES string of the molecule is CCCOC(=O)Nc1ccc(C(C)(C)C)cn1. The molecule has 1 N–H and O–H groups in total. The molecule has 0 spiro atoms. The van der Waals surface area contributed by atoms with Gasteiger partial charge >= 0.3 is 6.09 Å². The largest absolute Gasteiger partial charge is 0.449 e. The van der Waals surface area contributed by atoms with Crippen LogP contribution in [-0.2, 0) is 10.2 Å². The molecule has 1 aromatic rings. The minimum Gasteiger partial charge on any atom is -0.449 e. The molecule has 1 rings (SSSR count). The van der Waals surface area contributed by atoms with Gasteiger partial charge in [0, 0.05) is 6.20 Å². The number of hydrogen-bond donors (Lipinski definition) is 1. The number of carbonyl (C=O) groups excluding carboxylic acids is 1. The fourth-order valence-electron chi connectivity index (χ4n) is 1.25. The lowest BCUT2D eigenvalue weighted by Gasteiger charge is -2.18. The monoisotopic (exact) mass is 236 g/mol. The van der Waals surface area contributed by atoms with Crippen molar-refractivity contribution >= 4 is 11.9 Å². The molecule has 0 aliphatic heterocycles. The average molecular weight is 236 g/mol. The molecule has 0 fully saturated rings. The topological polar surface area (TPSA) is 51.2 Å². The Hall–Kier alpha value is -1.58. The summed E-state index contributed by atoms with van der Waals surface area (Å²) in [6.07, 6.45) is 2.13. The van der Waals surface area contributed by atoms with Crippen molar-refractivity contribution < 1.29 is 9.53 Å². The second-order valence-electron chi connectivity index (χ2n) is 4.94. The third-order valence-corrected chi connectivity index (χ3v) is 2.30. The molecule has 1 heterocycles. The molecule has 0 saturated carbocycles. The van der Waals surface area contributed by atoms with Gasteiger partial charge in [-0.1, -0.05) is 33.8 Å². The fraction of sp³-hybridized carbons (Fsp3) is 0.538. The Morgan fingerprint density at radius 1 is 1.41 bits per heavy atom. The quantitative estimate of drug-likeness (QED) is 0.875. The summed E-state index contributed by atoms with van der Waals surface area (Å²) in [5.74, 6) is 0.513. The number of aromatic nitrogens is 1.